The third-order valence-corrected chi connectivity index (χ3v) is 5.33. The first-order valence-electron chi connectivity index (χ1n) is 7.06. The molecule has 0 aliphatic carbocycles. The van der Waals surface area contributed by atoms with Crippen LogP contribution in [0.3, 0.4) is 0 Å². The third kappa shape index (κ3) is 4.00. The lowest BCUT2D eigenvalue weighted by molar-refractivity contribution is 0.281. The smallest absolute Gasteiger partial charge is 0.240 e. The molecule has 0 amide bonds. The van der Waals surface area contributed by atoms with Crippen molar-refractivity contribution >= 4 is 10.0 Å². The van der Waals surface area contributed by atoms with E-state index in [2.05, 4.69) is 9.62 Å². The van der Waals surface area contributed by atoms with Crippen molar-refractivity contribution in [1.29, 1.82) is 0 Å². The van der Waals surface area contributed by atoms with Crippen molar-refractivity contribution in [2.24, 2.45) is 0 Å². The molecule has 1 aliphatic heterocycles. The molecule has 118 valence electrons. The molecule has 1 aliphatic rings. The van der Waals surface area contributed by atoms with Crippen LogP contribution >= 0.6 is 0 Å². The molecule has 1 fully saturated rings. The van der Waals surface area contributed by atoms with Gasteiger partial charge in [-0.2, -0.15) is 0 Å². The predicted molar refractivity (Wildman–Crippen MR) is 77.9 cm³/mol. The first kappa shape index (κ1) is 16.4. The van der Waals surface area contributed by atoms with E-state index in [4.69, 9.17) is 5.11 Å². The fraction of sp³-hybridized carbons (Fsp3) is 0.571. The van der Waals surface area contributed by atoms with Gasteiger partial charge in [-0.25, -0.2) is 17.5 Å². The van der Waals surface area contributed by atoms with Crippen molar-refractivity contribution in [3.63, 3.8) is 0 Å². The molecule has 0 saturated carbocycles. The number of benzene rings is 1. The van der Waals surface area contributed by atoms with E-state index in [0.717, 1.165) is 32.0 Å². The number of likely N-dealkylation sites (tertiary alicyclic amines) is 1. The van der Waals surface area contributed by atoms with Crippen molar-refractivity contribution in [3.8, 4) is 0 Å². The lowest BCUT2D eigenvalue weighted by atomic mass is 10.1. The summed E-state index contributed by atoms with van der Waals surface area (Å²) in [6.45, 7) is 3.97. The Bertz CT molecular complexity index is 598. The van der Waals surface area contributed by atoms with Crippen LogP contribution in [0.4, 0.5) is 4.39 Å². The van der Waals surface area contributed by atoms with Gasteiger partial charge >= 0.3 is 0 Å². The van der Waals surface area contributed by atoms with Crippen LogP contribution in [-0.4, -0.2) is 44.6 Å². The molecule has 0 aromatic heterocycles. The van der Waals surface area contributed by atoms with Crippen LogP contribution in [0.2, 0.25) is 0 Å². The molecule has 2 N–H and O–H groups in total. The molecule has 1 aromatic rings. The van der Waals surface area contributed by atoms with E-state index < -0.39 is 22.4 Å². The summed E-state index contributed by atoms with van der Waals surface area (Å²) in [6, 6.07) is 2.47. The summed E-state index contributed by atoms with van der Waals surface area (Å²) in [7, 11) is -3.77. The molecule has 1 aromatic carbocycles. The standard InChI is InChI=1S/C14H21FN2O3S/c1-11-13(15)8-12(10-18)9-14(11)21(19,20)16-4-7-17-5-2-3-6-17/h8-9,16,18H,2-7,10H2,1H3. The van der Waals surface area contributed by atoms with Gasteiger partial charge in [0.15, 0.2) is 0 Å². The number of nitrogens with one attached hydrogen (secondary N) is 1. The Morgan fingerprint density at radius 3 is 2.62 bits per heavy atom. The highest BCUT2D eigenvalue weighted by Crippen LogP contribution is 2.20. The number of aliphatic hydroxyl groups excluding tert-OH is 1. The summed E-state index contributed by atoms with van der Waals surface area (Å²) >= 11 is 0. The number of hydrogen-bond donors (Lipinski definition) is 2. The van der Waals surface area contributed by atoms with E-state index in [1.807, 2.05) is 0 Å². The molecule has 0 radical (unpaired) electrons. The number of hydrogen-bond acceptors (Lipinski definition) is 4. The molecule has 5 nitrogen and oxygen atoms in total. The predicted octanol–water partition coefficient (Wildman–Crippen LogP) is 1.00. The number of nitrogens with zero attached hydrogens (tertiary/aromatic N) is 1. The Labute approximate surface area is 124 Å². The van der Waals surface area contributed by atoms with Gasteiger partial charge in [-0.05, 0) is 50.6 Å². The highest BCUT2D eigenvalue weighted by Gasteiger charge is 2.20. The molecule has 2 rings (SSSR count). The van der Waals surface area contributed by atoms with Gasteiger partial charge in [-0.1, -0.05) is 0 Å². The average molecular weight is 316 g/mol. The number of sulfonamides is 1. The monoisotopic (exact) mass is 316 g/mol. The minimum atomic E-state index is -3.77. The maximum Gasteiger partial charge on any atom is 0.240 e. The number of halogens is 1. The Balaban J connectivity index is 2.09. The van der Waals surface area contributed by atoms with Crippen LogP contribution in [0.15, 0.2) is 17.0 Å². The van der Waals surface area contributed by atoms with Crippen molar-refractivity contribution < 1.29 is 17.9 Å². The highest BCUT2D eigenvalue weighted by molar-refractivity contribution is 7.89. The Morgan fingerprint density at radius 1 is 1.33 bits per heavy atom. The zero-order valence-corrected chi connectivity index (χ0v) is 12.9. The molecule has 1 heterocycles. The normalized spacial score (nSPS) is 16.5. The maximum absolute atomic E-state index is 13.7. The van der Waals surface area contributed by atoms with Crippen molar-refractivity contribution in [2.45, 2.75) is 31.3 Å². The largest absolute Gasteiger partial charge is 0.392 e. The third-order valence-electron chi connectivity index (χ3n) is 3.75. The molecule has 0 bridgehead atoms. The first-order valence-corrected chi connectivity index (χ1v) is 8.54. The van der Waals surface area contributed by atoms with Crippen LogP contribution in [-0.2, 0) is 16.6 Å². The molecule has 0 spiro atoms. The highest BCUT2D eigenvalue weighted by atomic mass is 32.2. The second-order valence-electron chi connectivity index (χ2n) is 5.31. The van der Waals surface area contributed by atoms with Gasteiger partial charge in [-0.15, -0.1) is 0 Å². The van der Waals surface area contributed by atoms with E-state index >= 15 is 0 Å². The molecule has 7 heteroatoms. The molecule has 1 saturated heterocycles. The number of aliphatic hydroxyl groups is 1. The minimum absolute atomic E-state index is 0.0703. The maximum atomic E-state index is 13.7. The second-order valence-corrected chi connectivity index (χ2v) is 7.04. The van der Waals surface area contributed by atoms with Gasteiger partial charge < -0.3 is 10.0 Å². The van der Waals surface area contributed by atoms with E-state index in [1.54, 1.807) is 0 Å². The zero-order valence-electron chi connectivity index (χ0n) is 12.1. The summed E-state index contributed by atoms with van der Waals surface area (Å²) in [5.41, 5.74) is 0.318. The van der Waals surface area contributed by atoms with E-state index in [1.165, 1.54) is 13.0 Å². The second kappa shape index (κ2) is 6.83. The summed E-state index contributed by atoms with van der Waals surface area (Å²) in [5, 5.41) is 9.07. The minimum Gasteiger partial charge on any atom is -0.392 e. The Morgan fingerprint density at radius 2 is 2.00 bits per heavy atom. The van der Waals surface area contributed by atoms with Gasteiger partial charge in [0, 0.05) is 18.7 Å². The summed E-state index contributed by atoms with van der Waals surface area (Å²) in [5.74, 6) is -0.624. The summed E-state index contributed by atoms with van der Waals surface area (Å²) < 4.78 is 40.8. The van der Waals surface area contributed by atoms with Crippen molar-refractivity contribution in [1.82, 2.24) is 9.62 Å². The van der Waals surface area contributed by atoms with Crippen LogP contribution in [0.5, 0.6) is 0 Å². The molecule has 0 unspecified atom stereocenters. The lowest BCUT2D eigenvalue weighted by Gasteiger charge is -2.16. The Hall–Kier alpha value is -1.02. The van der Waals surface area contributed by atoms with Crippen molar-refractivity contribution in [3.05, 3.63) is 29.1 Å². The van der Waals surface area contributed by atoms with Crippen LogP contribution in [0.1, 0.15) is 24.0 Å². The van der Waals surface area contributed by atoms with Crippen molar-refractivity contribution in [2.75, 3.05) is 26.2 Å². The van der Waals surface area contributed by atoms with Gasteiger partial charge in [-0.3, -0.25) is 0 Å². The first-order chi connectivity index (χ1) is 9.94. The topological polar surface area (TPSA) is 69.6 Å². The zero-order chi connectivity index (χ0) is 15.5. The van der Waals surface area contributed by atoms with Gasteiger partial charge in [0.25, 0.3) is 0 Å². The van der Waals surface area contributed by atoms with Gasteiger partial charge in [0.1, 0.15) is 5.82 Å². The van der Waals surface area contributed by atoms with Crippen LogP contribution in [0.25, 0.3) is 0 Å². The fourth-order valence-electron chi connectivity index (χ4n) is 2.50. The van der Waals surface area contributed by atoms with Gasteiger partial charge in [0.2, 0.25) is 10.0 Å². The number of rotatable bonds is 6. The molecular weight excluding hydrogens is 295 g/mol. The SMILES string of the molecule is Cc1c(F)cc(CO)cc1S(=O)(=O)NCCN1CCCC1. The average Bonchev–Trinajstić information content (AvgIpc) is 2.94. The van der Waals surface area contributed by atoms with E-state index in [-0.39, 0.29) is 16.0 Å². The fourth-order valence-corrected chi connectivity index (χ4v) is 3.82. The lowest BCUT2D eigenvalue weighted by Crippen LogP contribution is -2.33. The molecular formula is C14H21FN2O3S. The molecule has 0 atom stereocenters. The quantitative estimate of drug-likeness (QED) is 0.821. The molecule has 21 heavy (non-hydrogen) atoms. The van der Waals surface area contributed by atoms with Crippen LogP contribution < -0.4 is 4.72 Å². The van der Waals surface area contributed by atoms with E-state index in [0.29, 0.717) is 13.1 Å². The van der Waals surface area contributed by atoms with Crippen LogP contribution in [0, 0.1) is 12.7 Å². The Kier molecular flexibility index (Phi) is 5.32. The summed E-state index contributed by atoms with van der Waals surface area (Å²) in [6.07, 6.45) is 2.30. The van der Waals surface area contributed by atoms with E-state index in [9.17, 15) is 12.8 Å². The van der Waals surface area contributed by atoms with Gasteiger partial charge in [0.05, 0.1) is 11.5 Å². The summed E-state index contributed by atoms with van der Waals surface area (Å²) in [4.78, 5) is 2.09.